The van der Waals surface area contributed by atoms with Gasteiger partial charge in [0.05, 0.1) is 11.2 Å². The van der Waals surface area contributed by atoms with E-state index in [-0.39, 0.29) is 5.91 Å². The zero-order chi connectivity index (χ0) is 15.7. The van der Waals surface area contributed by atoms with Gasteiger partial charge in [0.25, 0.3) is 5.91 Å². The van der Waals surface area contributed by atoms with Gasteiger partial charge in [-0.05, 0) is 32.0 Å². The molecule has 3 rings (SSSR count). The van der Waals surface area contributed by atoms with E-state index in [4.69, 9.17) is 0 Å². The molecule has 0 bridgehead atoms. The molecule has 22 heavy (non-hydrogen) atoms. The monoisotopic (exact) mass is 292 g/mol. The Morgan fingerprint density at radius 3 is 2.77 bits per heavy atom. The van der Waals surface area contributed by atoms with Crippen LogP contribution in [-0.4, -0.2) is 20.7 Å². The van der Waals surface area contributed by atoms with E-state index in [1.165, 1.54) is 0 Å². The minimum Gasteiger partial charge on any atom is -0.307 e. The van der Waals surface area contributed by atoms with E-state index in [9.17, 15) is 4.79 Å². The van der Waals surface area contributed by atoms with Crippen molar-refractivity contribution in [3.8, 4) is 5.82 Å². The number of fused-ring (bicyclic) bond motifs is 1. The number of pyridine rings is 1. The van der Waals surface area contributed by atoms with Gasteiger partial charge in [-0.2, -0.15) is 9.78 Å². The summed E-state index contributed by atoms with van der Waals surface area (Å²) >= 11 is 0. The van der Waals surface area contributed by atoms with Gasteiger partial charge in [-0.1, -0.05) is 24.8 Å². The lowest BCUT2D eigenvalue weighted by molar-refractivity contribution is -0.112. The highest BCUT2D eigenvalue weighted by Gasteiger charge is 2.12. The topological polar surface area (TPSA) is 59.8 Å². The summed E-state index contributed by atoms with van der Waals surface area (Å²) in [5.41, 5.74) is 2.12. The van der Waals surface area contributed by atoms with Gasteiger partial charge < -0.3 is 5.32 Å². The molecule has 2 aromatic heterocycles. The molecule has 0 unspecified atom stereocenters. The maximum atomic E-state index is 11.8. The molecule has 0 atom stereocenters. The Hall–Kier alpha value is -2.95. The fraction of sp³-hybridized carbons (Fsp3) is 0.118. The van der Waals surface area contributed by atoms with Crippen LogP contribution >= 0.6 is 0 Å². The van der Waals surface area contributed by atoms with Crippen molar-refractivity contribution in [3.05, 3.63) is 60.3 Å². The molecule has 2 heterocycles. The number of hydrogen-bond donors (Lipinski definition) is 1. The van der Waals surface area contributed by atoms with Crippen LogP contribution in [0.25, 0.3) is 16.7 Å². The molecule has 0 aliphatic carbocycles. The number of rotatable bonds is 3. The summed E-state index contributed by atoms with van der Waals surface area (Å²) in [6, 6.07) is 13.5. The first-order valence-corrected chi connectivity index (χ1v) is 6.94. The van der Waals surface area contributed by atoms with Crippen LogP contribution in [0.15, 0.2) is 54.6 Å². The van der Waals surface area contributed by atoms with Crippen molar-refractivity contribution in [3.63, 3.8) is 0 Å². The van der Waals surface area contributed by atoms with Crippen molar-refractivity contribution >= 4 is 22.6 Å². The number of aryl methyl sites for hydroxylation is 1. The van der Waals surface area contributed by atoms with Crippen molar-refractivity contribution in [1.29, 1.82) is 0 Å². The zero-order valence-electron chi connectivity index (χ0n) is 12.5. The van der Waals surface area contributed by atoms with Gasteiger partial charge in [0, 0.05) is 17.0 Å². The SMILES string of the molecule is C=C(C)C(=O)Nc1cc(C)nn1-c1ccc2ccccc2n1. The van der Waals surface area contributed by atoms with Crippen molar-refractivity contribution in [2.75, 3.05) is 5.32 Å². The predicted molar refractivity (Wildman–Crippen MR) is 87.0 cm³/mol. The third kappa shape index (κ3) is 2.61. The Bertz CT molecular complexity index is 879. The van der Waals surface area contributed by atoms with E-state index in [0.717, 1.165) is 16.6 Å². The van der Waals surface area contributed by atoms with Gasteiger partial charge in [0.15, 0.2) is 5.82 Å². The highest BCUT2D eigenvalue weighted by atomic mass is 16.1. The number of nitrogens with one attached hydrogen (secondary N) is 1. The second-order valence-corrected chi connectivity index (χ2v) is 5.18. The number of anilines is 1. The fourth-order valence-electron chi connectivity index (χ4n) is 2.16. The maximum Gasteiger partial charge on any atom is 0.251 e. The minimum atomic E-state index is -0.234. The molecule has 0 saturated heterocycles. The molecule has 0 saturated carbocycles. The molecule has 1 aromatic carbocycles. The lowest BCUT2D eigenvalue weighted by Crippen LogP contribution is -2.15. The number of amides is 1. The largest absolute Gasteiger partial charge is 0.307 e. The van der Waals surface area contributed by atoms with Gasteiger partial charge in [-0.15, -0.1) is 0 Å². The number of aromatic nitrogens is 3. The Labute approximate surface area is 128 Å². The molecule has 0 aliphatic rings. The second kappa shape index (κ2) is 5.44. The van der Waals surface area contributed by atoms with Crippen LogP contribution < -0.4 is 5.32 Å². The van der Waals surface area contributed by atoms with E-state index in [1.807, 2.05) is 43.3 Å². The molecule has 3 aromatic rings. The van der Waals surface area contributed by atoms with E-state index >= 15 is 0 Å². The summed E-state index contributed by atoms with van der Waals surface area (Å²) in [5.74, 6) is 0.999. The predicted octanol–water partition coefficient (Wildman–Crippen LogP) is 3.24. The van der Waals surface area contributed by atoms with Crippen LogP contribution in [-0.2, 0) is 4.79 Å². The van der Waals surface area contributed by atoms with E-state index in [0.29, 0.717) is 17.2 Å². The molecule has 5 heteroatoms. The summed E-state index contributed by atoms with van der Waals surface area (Å²) in [4.78, 5) is 16.4. The van der Waals surface area contributed by atoms with Gasteiger partial charge in [-0.25, -0.2) is 4.98 Å². The first-order chi connectivity index (χ1) is 10.5. The molecule has 110 valence electrons. The molecule has 0 radical (unpaired) electrons. The summed E-state index contributed by atoms with van der Waals surface area (Å²) in [6.45, 7) is 7.18. The van der Waals surface area contributed by atoms with Gasteiger partial charge in [0.1, 0.15) is 5.82 Å². The van der Waals surface area contributed by atoms with Crippen LogP contribution in [0.1, 0.15) is 12.6 Å². The Balaban J connectivity index is 2.06. The van der Waals surface area contributed by atoms with Crippen LogP contribution in [0.3, 0.4) is 0 Å². The Morgan fingerprint density at radius 2 is 2.00 bits per heavy atom. The average Bonchev–Trinajstić information content (AvgIpc) is 2.87. The lowest BCUT2D eigenvalue weighted by atomic mass is 10.2. The number of hydrogen-bond acceptors (Lipinski definition) is 3. The Morgan fingerprint density at radius 1 is 1.23 bits per heavy atom. The van der Waals surface area contributed by atoms with Crippen molar-refractivity contribution < 1.29 is 4.79 Å². The second-order valence-electron chi connectivity index (χ2n) is 5.18. The third-order valence-corrected chi connectivity index (χ3v) is 3.26. The highest BCUT2D eigenvalue weighted by Crippen LogP contribution is 2.19. The number of nitrogens with zero attached hydrogens (tertiary/aromatic N) is 3. The van der Waals surface area contributed by atoms with Crippen molar-refractivity contribution in [1.82, 2.24) is 14.8 Å². The van der Waals surface area contributed by atoms with Crippen LogP contribution in [0.4, 0.5) is 5.82 Å². The normalized spacial score (nSPS) is 10.6. The molecule has 0 fully saturated rings. The maximum absolute atomic E-state index is 11.8. The molecule has 5 nitrogen and oxygen atoms in total. The minimum absolute atomic E-state index is 0.234. The summed E-state index contributed by atoms with van der Waals surface area (Å²) in [7, 11) is 0. The number of carbonyl (C=O) groups is 1. The van der Waals surface area contributed by atoms with Gasteiger partial charge in [0.2, 0.25) is 0 Å². The molecule has 1 N–H and O–H groups in total. The summed E-state index contributed by atoms with van der Waals surface area (Å²) < 4.78 is 1.63. The molecular weight excluding hydrogens is 276 g/mol. The molecule has 1 amide bonds. The van der Waals surface area contributed by atoms with Crippen molar-refractivity contribution in [2.24, 2.45) is 0 Å². The average molecular weight is 292 g/mol. The first kappa shape index (κ1) is 14.0. The van der Waals surface area contributed by atoms with Crippen molar-refractivity contribution in [2.45, 2.75) is 13.8 Å². The van der Waals surface area contributed by atoms with Crippen LogP contribution in [0.2, 0.25) is 0 Å². The third-order valence-electron chi connectivity index (χ3n) is 3.26. The number of benzene rings is 1. The Kier molecular flexibility index (Phi) is 3.47. The van der Waals surface area contributed by atoms with E-state index < -0.39 is 0 Å². The van der Waals surface area contributed by atoms with Gasteiger partial charge >= 0.3 is 0 Å². The number of para-hydroxylation sites is 1. The quantitative estimate of drug-likeness (QED) is 0.754. The summed E-state index contributed by atoms with van der Waals surface area (Å²) in [6.07, 6.45) is 0. The van der Waals surface area contributed by atoms with E-state index in [2.05, 4.69) is 22.0 Å². The lowest BCUT2D eigenvalue weighted by Gasteiger charge is -2.08. The van der Waals surface area contributed by atoms with Crippen LogP contribution in [0, 0.1) is 6.92 Å². The first-order valence-electron chi connectivity index (χ1n) is 6.94. The van der Waals surface area contributed by atoms with Crippen LogP contribution in [0.5, 0.6) is 0 Å². The smallest absolute Gasteiger partial charge is 0.251 e. The molecule has 0 spiro atoms. The van der Waals surface area contributed by atoms with E-state index in [1.54, 1.807) is 17.7 Å². The fourth-order valence-corrected chi connectivity index (χ4v) is 2.16. The highest BCUT2D eigenvalue weighted by molar-refractivity contribution is 6.02. The standard InChI is InChI=1S/C17H16N4O/c1-11(2)17(22)19-16-10-12(3)20-21(16)15-9-8-13-6-4-5-7-14(13)18-15/h4-10H,1H2,2-3H3,(H,19,22). The zero-order valence-corrected chi connectivity index (χ0v) is 12.5. The van der Waals surface area contributed by atoms with Gasteiger partial charge in [-0.3, -0.25) is 4.79 Å². The molecular formula is C17H16N4O. The number of carbonyl (C=O) groups excluding carboxylic acids is 1. The summed E-state index contributed by atoms with van der Waals surface area (Å²) in [5, 5.41) is 8.27. The molecule has 0 aliphatic heterocycles.